The van der Waals surface area contributed by atoms with Crippen LogP contribution in [0.5, 0.6) is 0 Å². The van der Waals surface area contributed by atoms with Crippen LogP contribution < -0.4 is 4.90 Å². The third-order valence-electron chi connectivity index (χ3n) is 5.20. The fraction of sp³-hybridized carbons (Fsp3) is 0.524. The van der Waals surface area contributed by atoms with Crippen molar-refractivity contribution in [1.29, 1.82) is 0 Å². The molecule has 4 nitrogen and oxygen atoms in total. The molecule has 1 aliphatic heterocycles. The molecule has 2 aliphatic rings. The molecule has 1 saturated heterocycles. The van der Waals surface area contributed by atoms with E-state index >= 15 is 0 Å². The number of piperidine rings is 1. The fourth-order valence-corrected chi connectivity index (χ4v) is 3.63. The second-order valence-corrected chi connectivity index (χ2v) is 7.23. The second-order valence-electron chi connectivity index (χ2n) is 7.23. The molecule has 2 amide bonds. The number of likely N-dealkylation sites (tertiary alicyclic amines) is 1. The summed E-state index contributed by atoms with van der Waals surface area (Å²) in [6, 6.07) is 7.88. The van der Waals surface area contributed by atoms with Crippen molar-refractivity contribution in [2.24, 2.45) is 5.92 Å². The first kappa shape index (κ1) is 17.7. The van der Waals surface area contributed by atoms with Crippen LogP contribution in [0.1, 0.15) is 44.1 Å². The SMILES string of the molecule is Cc1ccc(N(CC(=O)N2CCCCC2)C(=O)C[C@H]2C=CCC2)cc1. The van der Waals surface area contributed by atoms with Crippen LogP contribution in [0.3, 0.4) is 0 Å². The maximum absolute atomic E-state index is 12.9. The lowest BCUT2D eigenvalue weighted by molar-refractivity contribution is -0.132. The number of carbonyl (C=O) groups excluding carboxylic acids is 2. The van der Waals surface area contributed by atoms with Crippen molar-refractivity contribution < 1.29 is 9.59 Å². The van der Waals surface area contributed by atoms with E-state index < -0.39 is 0 Å². The summed E-state index contributed by atoms with van der Waals surface area (Å²) < 4.78 is 0. The molecule has 0 saturated carbocycles. The zero-order valence-corrected chi connectivity index (χ0v) is 15.1. The molecule has 1 aromatic rings. The Labute approximate surface area is 150 Å². The van der Waals surface area contributed by atoms with Gasteiger partial charge in [-0.15, -0.1) is 0 Å². The molecule has 0 spiro atoms. The molecule has 1 fully saturated rings. The normalized spacial score (nSPS) is 19.9. The van der Waals surface area contributed by atoms with Gasteiger partial charge < -0.3 is 9.80 Å². The minimum Gasteiger partial charge on any atom is -0.341 e. The van der Waals surface area contributed by atoms with Crippen molar-refractivity contribution in [3.05, 3.63) is 42.0 Å². The Morgan fingerprint density at radius 3 is 2.48 bits per heavy atom. The van der Waals surface area contributed by atoms with Crippen molar-refractivity contribution in [2.45, 2.75) is 45.4 Å². The summed E-state index contributed by atoms with van der Waals surface area (Å²) >= 11 is 0. The molecule has 1 aliphatic carbocycles. The van der Waals surface area contributed by atoms with Gasteiger partial charge in [0.2, 0.25) is 11.8 Å². The number of amides is 2. The Bertz CT molecular complexity index is 630. The maximum atomic E-state index is 12.9. The monoisotopic (exact) mass is 340 g/mol. The number of carbonyl (C=O) groups is 2. The highest BCUT2D eigenvalue weighted by Crippen LogP contribution is 2.24. The third kappa shape index (κ3) is 4.71. The van der Waals surface area contributed by atoms with Gasteiger partial charge in [0.05, 0.1) is 0 Å². The third-order valence-corrected chi connectivity index (χ3v) is 5.20. The molecule has 0 unspecified atom stereocenters. The lowest BCUT2D eigenvalue weighted by Gasteiger charge is -2.30. The summed E-state index contributed by atoms with van der Waals surface area (Å²) in [6.07, 6.45) is 10.2. The first-order valence-electron chi connectivity index (χ1n) is 9.45. The molecule has 0 bridgehead atoms. The lowest BCUT2D eigenvalue weighted by atomic mass is 10.0. The first-order chi connectivity index (χ1) is 12.1. The average molecular weight is 340 g/mol. The maximum Gasteiger partial charge on any atom is 0.242 e. The molecule has 3 rings (SSSR count). The number of hydrogen-bond acceptors (Lipinski definition) is 2. The van der Waals surface area contributed by atoms with Crippen LogP contribution in [0, 0.1) is 12.8 Å². The summed E-state index contributed by atoms with van der Waals surface area (Å²) in [4.78, 5) is 29.2. The highest BCUT2D eigenvalue weighted by Gasteiger charge is 2.25. The van der Waals surface area contributed by atoms with Crippen LogP contribution >= 0.6 is 0 Å². The summed E-state index contributed by atoms with van der Waals surface area (Å²) in [5, 5.41) is 0. The minimum absolute atomic E-state index is 0.0470. The molecule has 1 atom stereocenters. The molecule has 1 heterocycles. The van der Waals surface area contributed by atoms with E-state index in [-0.39, 0.29) is 18.4 Å². The highest BCUT2D eigenvalue weighted by molar-refractivity contribution is 5.99. The molecular formula is C21H28N2O2. The standard InChI is InChI=1S/C21H28N2O2/c1-17-9-11-19(12-10-17)23(20(24)15-18-7-3-4-8-18)16-21(25)22-13-5-2-6-14-22/h3,7,9-12,18H,2,4-6,8,13-16H2,1H3/t18-/m0/s1. The Morgan fingerprint density at radius 2 is 1.84 bits per heavy atom. The quantitative estimate of drug-likeness (QED) is 0.767. The van der Waals surface area contributed by atoms with Gasteiger partial charge in [-0.1, -0.05) is 29.8 Å². The number of aryl methyl sites for hydroxylation is 1. The number of rotatable bonds is 5. The van der Waals surface area contributed by atoms with E-state index in [0.717, 1.165) is 50.0 Å². The van der Waals surface area contributed by atoms with Gasteiger partial charge in [-0.2, -0.15) is 0 Å². The van der Waals surface area contributed by atoms with Gasteiger partial charge in [0.25, 0.3) is 0 Å². The van der Waals surface area contributed by atoms with E-state index in [1.54, 1.807) is 4.90 Å². The Kier molecular flexibility index (Phi) is 5.90. The van der Waals surface area contributed by atoms with Crippen molar-refractivity contribution in [3.63, 3.8) is 0 Å². The molecule has 0 N–H and O–H groups in total. The van der Waals surface area contributed by atoms with Crippen molar-refractivity contribution in [3.8, 4) is 0 Å². The smallest absolute Gasteiger partial charge is 0.242 e. The average Bonchev–Trinajstić information content (AvgIpc) is 3.14. The minimum atomic E-state index is 0.0470. The molecule has 0 aromatic heterocycles. The molecule has 25 heavy (non-hydrogen) atoms. The van der Waals surface area contributed by atoms with Crippen molar-refractivity contribution >= 4 is 17.5 Å². The van der Waals surface area contributed by atoms with E-state index in [9.17, 15) is 9.59 Å². The Balaban J connectivity index is 1.73. The fourth-order valence-electron chi connectivity index (χ4n) is 3.63. The molecule has 1 aromatic carbocycles. The van der Waals surface area contributed by atoms with Crippen molar-refractivity contribution in [2.75, 3.05) is 24.5 Å². The van der Waals surface area contributed by atoms with Gasteiger partial charge in [-0.3, -0.25) is 9.59 Å². The van der Waals surface area contributed by atoms with Gasteiger partial charge >= 0.3 is 0 Å². The van der Waals surface area contributed by atoms with Crippen LogP contribution in [0.15, 0.2) is 36.4 Å². The molecule has 134 valence electrons. The van der Waals surface area contributed by atoms with Gasteiger partial charge in [-0.05, 0) is 57.1 Å². The molecule has 4 heteroatoms. The van der Waals surface area contributed by atoms with Crippen LogP contribution in [-0.2, 0) is 9.59 Å². The Hall–Kier alpha value is -2.10. The topological polar surface area (TPSA) is 40.6 Å². The van der Waals surface area contributed by atoms with E-state index in [1.165, 1.54) is 6.42 Å². The summed E-state index contributed by atoms with van der Waals surface area (Å²) in [6.45, 7) is 3.82. The number of allylic oxidation sites excluding steroid dienone is 2. The predicted molar refractivity (Wildman–Crippen MR) is 100 cm³/mol. The van der Waals surface area contributed by atoms with Crippen LogP contribution in [0.2, 0.25) is 0 Å². The van der Waals surface area contributed by atoms with Crippen LogP contribution in [0.25, 0.3) is 0 Å². The van der Waals surface area contributed by atoms with Gasteiger partial charge in [0, 0.05) is 25.2 Å². The zero-order valence-electron chi connectivity index (χ0n) is 15.1. The van der Waals surface area contributed by atoms with Crippen LogP contribution in [0.4, 0.5) is 5.69 Å². The van der Waals surface area contributed by atoms with Crippen LogP contribution in [-0.4, -0.2) is 36.3 Å². The number of nitrogens with zero attached hydrogens (tertiary/aromatic N) is 2. The number of hydrogen-bond donors (Lipinski definition) is 0. The zero-order chi connectivity index (χ0) is 17.6. The van der Waals surface area contributed by atoms with Gasteiger partial charge in [0.15, 0.2) is 0 Å². The highest BCUT2D eigenvalue weighted by atomic mass is 16.2. The van der Waals surface area contributed by atoms with E-state index in [4.69, 9.17) is 0 Å². The van der Waals surface area contributed by atoms with Crippen molar-refractivity contribution in [1.82, 2.24) is 4.90 Å². The Morgan fingerprint density at radius 1 is 1.12 bits per heavy atom. The van der Waals surface area contributed by atoms with Gasteiger partial charge in [-0.25, -0.2) is 0 Å². The summed E-state index contributed by atoms with van der Waals surface area (Å²) in [5.41, 5.74) is 1.97. The lowest BCUT2D eigenvalue weighted by Crippen LogP contribution is -2.45. The summed E-state index contributed by atoms with van der Waals surface area (Å²) in [7, 11) is 0. The summed E-state index contributed by atoms with van der Waals surface area (Å²) in [5.74, 6) is 0.423. The van der Waals surface area contributed by atoms with Gasteiger partial charge in [0.1, 0.15) is 6.54 Å². The number of anilines is 1. The predicted octanol–water partition coefficient (Wildman–Crippen LogP) is 3.70. The largest absolute Gasteiger partial charge is 0.341 e. The molecular weight excluding hydrogens is 312 g/mol. The molecule has 0 radical (unpaired) electrons. The second kappa shape index (κ2) is 8.32. The number of benzene rings is 1. The first-order valence-corrected chi connectivity index (χ1v) is 9.45. The van der Waals surface area contributed by atoms with E-state index in [0.29, 0.717) is 12.3 Å². The van der Waals surface area contributed by atoms with E-state index in [1.807, 2.05) is 36.1 Å². The van der Waals surface area contributed by atoms with E-state index in [2.05, 4.69) is 12.2 Å².